The van der Waals surface area contributed by atoms with Gasteiger partial charge in [-0.3, -0.25) is 9.69 Å². The van der Waals surface area contributed by atoms with Crippen LogP contribution in [0.2, 0.25) is 0 Å². The Morgan fingerprint density at radius 3 is 2.50 bits per heavy atom. The molecule has 36 heavy (non-hydrogen) atoms. The number of likely N-dealkylation sites (tertiary alicyclic amines) is 2. The predicted molar refractivity (Wildman–Crippen MR) is 148 cm³/mol. The summed E-state index contributed by atoms with van der Waals surface area (Å²) < 4.78 is 2.46. The Bertz CT molecular complexity index is 1120. The number of nitrogens with one attached hydrogen (secondary N) is 1. The Morgan fingerprint density at radius 1 is 0.917 bits per heavy atom. The Labute approximate surface area is 216 Å². The predicted octanol–water partition coefficient (Wildman–Crippen LogP) is 5.28. The van der Waals surface area contributed by atoms with E-state index in [1.807, 2.05) is 0 Å². The molecule has 5 rings (SSSR count). The molecule has 1 amide bonds. The van der Waals surface area contributed by atoms with Gasteiger partial charge in [-0.15, -0.1) is 0 Å². The van der Waals surface area contributed by atoms with E-state index in [0.29, 0.717) is 6.04 Å². The lowest BCUT2D eigenvalue weighted by Crippen LogP contribution is -2.42. The van der Waals surface area contributed by atoms with Gasteiger partial charge < -0.3 is 14.8 Å². The van der Waals surface area contributed by atoms with Crippen LogP contribution < -0.4 is 5.32 Å². The molecule has 3 heterocycles. The molecular formula is C31H42N4O. The monoisotopic (exact) mass is 486 g/mol. The fraction of sp³-hybridized carbons (Fsp3) is 0.516. The molecule has 0 saturated carbocycles. The zero-order valence-electron chi connectivity index (χ0n) is 21.9. The highest BCUT2D eigenvalue weighted by Gasteiger charge is 2.26. The normalized spacial score (nSPS) is 20.1. The van der Waals surface area contributed by atoms with Crippen molar-refractivity contribution in [1.29, 1.82) is 0 Å². The first-order chi connectivity index (χ1) is 17.7. The molecular weight excluding hydrogens is 444 g/mol. The van der Waals surface area contributed by atoms with E-state index in [4.69, 9.17) is 0 Å². The molecule has 5 nitrogen and oxygen atoms in total. The van der Waals surface area contributed by atoms with Crippen LogP contribution in [0.15, 0.2) is 60.7 Å². The number of fused-ring (bicyclic) bond motifs is 1. The van der Waals surface area contributed by atoms with Crippen LogP contribution in [0.4, 0.5) is 0 Å². The van der Waals surface area contributed by atoms with E-state index in [1.165, 1.54) is 48.0 Å². The number of para-hydroxylation sites is 1. The van der Waals surface area contributed by atoms with Crippen LogP contribution in [-0.2, 0) is 17.9 Å². The van der Waals surface area contributed by atoms with Crippen LogP contribution in [-0.4, -0.2) is 59.0 Å². The van der Waals surface area contributed by atoms with Crippen molar-refractivity contribution in [2.45, 2.75) is 64.6 Å². The third kappa shape index (κ3) is 6.19. The number of hydrogen-bond acceptors (Lipinski definition) is 3. The Kier molecular flexibility index (Phi) is 8.40. The summed E-state index contributed by atoms with van der Waals surface area (Å²) >= 11 is 0. The molecule has 0 spiro atoms. The zero-order valence-corrected chi connectivity index (χ0v) is 21.9. The van der Waals surface area contributed by atoms with E-state index in [-0.39, 0.29) is 11.8 Å². The Balaban J connectivity index is 1.11. The standard InChI is InChI=1S/C31H42N4O/c1-25-10-7-8-18-34(25)19-9-17-32-31(36)27-15-20-33(21-16-27)24-29-22-28-13-5-6-14-30(28)35(29)23-26-11-3-2-4-12-26/h2-6,11-14,22,25,27H,7-10,15-21,23-24H2,1H3,(H,32,36). The van der Waals surface area contributed by atoms with Crippen molar-refractivity contribution < 1.29 is 4.79 Å². The number of benzene rings is 2. The van der Waals surface area contributed by atoms with Gasteiger partial charge in [0.2, 0.25) is 5.91 Å². The van der Waals surface area contributed by atoms with Crippen LogP contribution in [0, 0.1) is 5.92 Å². The van der Waals surface area contributed by atoms with Crippen molar-refractivity contribution in [2.75, 3.05) is 32.7 Å². The quantitative estimate of drug-likeness (QED) is 0.418. The van der Waals surface area contributed by atoms with Gasteiger partial charge >= 0.3 is 0 Å². The summed E-state index contributed by atoms with van der Waals surface area (Å²) in [7, 11) is 0. The highest BCUT2D eigenvalue weighted by molar-refractivity contribution is 5.81. The van der Waals surface area contributed by atoms with Gasteiger partial charge in [0.05, 0.1) is 0 Å². The molecule has 2 saturated heterocycles. The van der Waals surface area contributed by atoms with Gasteiger partial charge in [-0.1, -0.05) is 55.0 Å². The summed E-state index contributed by atoms with van der Waals surface area (Å²) in [5.41, 5.74) is 3.98. The number of carbonyl (C=O) groups excluding carboxylic acids is 1. The van der Waals surface area contributed by atoms with Crippen molar-refractivity contribution in [3.05, 3.63) is 71.9 Å². The lowest BCUT2D eigenvalue weighted by atomic mass is 9.95. The Hall–Kier alpha value is -2.63. The minimum Gasteiger partial charge on any atom is -0.356 e. The largest absolute Gasteiger partial charge is 0.356 e. The van der Waals surface area contributed by atoms with E-state index in [2.05, 4.69) is 87.3 Å². The maximum atomic E-state index is 12.8. The molecule has 2 aromatic carbocycles. The second kappa shape index (κ2) is 12.1. The summed E-state index contributed by atoms with van der Waals surface area (Å²) in [5, 5.41) is 4.54. The number of amides is 1. The highest BCUT2D eigenvalue weighted by atomic mass is 16.1. The Morgan fingerprint density at radius 2 is 1.69 bits per heavy atom. The average molecular weight is 487 g/mol. The van der Waals surface area contributed by atoms with Crippen molar-refractivity contribution in [1.82, 2.24) is 19.7 Å². The van der Waals surface area contributed by atoms with Crippen molar-refractivity contribution in [3.8, 4) is 0 Å². The van der Waals surface area contributed by atoms with Gasteiger partial charge in [0, 0.05) is 49.3 Å². The van der Waals surface area contributed by atoms with Gasteiger partial charge in [-0.05, 0) is 81.7 Å². The zero-order chi connectivity index (χ0) is 24.7. The first kappa shape index (κ1) is 25.0. The summed E-state index contributed by atoms with van der Waals surface area (Å²) in [6, 6.07) is 22.5. The molecule has 0 bridgehead atoms. The number of piperidine rings is 2. The fourth-order valence-electron chi connectivity index (χ4n) is 6.06. The van der Waals surface area contributed by atoms with E-state index in [0.717, 1.165) is 58.5 Å². The maximum absolute atomic E-state index is 12.8. The van der Waals surface area contributed by atoms with Crippen molar-refractivity contribution in [3.63, 3.8) is 0 Å². The van der Waals surface area contributed by atoms with Crippen LogP contribution in [0.3, 0.4) is 0 Å². The summed E-state index contributed by atoms with van der Waals surface area (Å²) in [6.45, 7) is 9.26. The van der Waals surface area contributed by atoms with Crippen LogP contribution in [0.25, 0.3) is 10.9 Å². The number of rotatable bonds is 9. The van der Waals surface area contributed by atoms with Gasteiger partial charge in [-0.2, -0.15) is 0 Å². The number of nitrogens with zero attached hydrogens (tertiary/aromatic N) is 3. The SMILES string of the molecule is CC1CCCCN1CCCNC(=O)C1CCN(Cc2cc3ccccc3n2Cc2ccccc2)CC1. The van der Waals surface area contributed by atoms with Crippen LogP contribution >= 0.6 is 0 Å². The van der Waals surface area contributed by atoms with E-state index in [1.54, 1.807) is 0 Å². The van der Waals surface area contributed by atoms with Gasteiger partial charge in [0.25, 0.3) is 0 Å². The summed E-state index contributed by atoms with van der Waals surface area (Å²) in [6.07, 6.45) is 6.96. The van der Waals surface area contributed by atoms with Crippen molar-refractivity contribution in [2.24, 2.45) is 5.92 Å². The third-order valence-corrected chi connectivity index (χ3v) is 8.29. The summed E-state index contributed by atoms with van der Waals surface area (Å²) in [5.74, 6) is 0.421. The molecule has 1 N–H and O–H groups in total. The molecule has 1 atom stereocenters. The third-order valence-electron chi connectivity index (χ3n) is 8.29. The molecule has 3 aromatic rings. The second-order valence-electron chi connectivity index (χ2n) is 10.8. The minimum absolute atomic E-state index is 0.158. The lowest BCUT2D eigenvalue weighted by Gasteiger charge is -2.33. The van der Waals surface area contributed by atoms with Gasteiger partial charge in [0.15, 0.2) is 0 Å². The van der Waals surface area contributed by atoms with E-state index < -0.39 is 0 Å². The van der Waals surface area contributed by atoms with E-state index in [9.17, 15) is 4.79 Å². The summed E-state index contributed by atoms with van der Waals surface area (Å²) in [4.78, 5) is 17.9. The topological polar surface area (TPSA) is 40.5 Å². The first-order valence-corrected chi connectivity index (χ1v) is 14.0. The number of carbonyl (C=O) groups is 1. The average Bonchev–Trinajstić information content (AvgIpc) is 3.25. The molecule has 1 unspecified atom stereocenters. The van der Waals surface area contributed by atoms with E-state index >= 15 is 0 Å². The van der Waals surface area contributed by atoms with Gasteiger partial charge in [-0.25, -0.2) is 0 Å². The molecule has 1 aromatic heterocycles. The molecule has 5 heteroatoms. The molecule has 0 aliphatic carbocycles. The molecule has 2 aliphatic heterocycles. The molecule has 2 aliphatic rings. The molecule has 192 valence electrons. The maximum Gasteiger partial charge on any atom is 0.223 e. The number of aromatic nitrogens is 1. The van der Waals surface area contributed by atoms with Crippen molar-refractivity contribution >= 4 is 16.8 Å². The molecule has 2 fully saturated rings. The smallest absolute Gasteiger partial charge is 0.223 e. The second-order valence-corrected chi connectivity index (χ2v) is 10.8. The minimum atomic E-state index is 0.158. The van der Waals surface area contributed by atoms with Crippen LogP contribution in [0.5, 0.6) is 0 Å². The lowest BCUT2D eigenvalue weighted by molar-refractivity contribution is -0.126. The fourth-order valence-corrected chi connectivity index (χ4v) is 6.06. The first-order valence-electron chi connectivity index (χ1n) is 14.0. The van der Waals surface area contributed by atoms with Gasteiger partial charge in [0.1, 0.15) is 0 Å². The number of hydrogen-bond donors (Lipinski definition) is 1. The highest BCUT2D eigenvalue weighted by Crippen LogP contribution is 2.25. The molecule has 0 radical (unpaired) electrons. The van der Waals surface area contributed by atoms with Crippen LogP contribution in [0.1, 0.15) is 56.7 Å².